The second-order valence-electron chi connectivity index (χ2n) is 3.23. The minimum Gasteiger partial charge on any atom is -0.305 e. The number of hydrogen-bond acceptors (Lipinski definition) is 3. The van der Waals surface area contributed by atoms with E-state index in [1.54, 1.807) is 0 Å². The smallest absolute Gasteiger partial charge is 0.172 e. The summed E-state index contributed by atoms with van der Waals surface area (Å²) < 4.78 is 0. The Morgan fingerprint density at radius 1 is 1.50 bits per heavy atom. The molecule has 0 atom stereocenters. The largest absolute Gasteiger partial charge is 0.305 e. The number of ketones is 1. The second kappa shape index (κ2) is 3.34. The average molecular weight is 142 g/mol. The first kappa shape index (κ1) is 9.14. The SMILES string of the molecule is CC(=O)/C=N\NC(C)(C)C. The van der Waals surface area contributed by atoms with Gasteiger partial charge in [-0.3, -0.25) is 4.79 Å². The molecule has 58 valence electrons. The van der Waals surface area contributed by atoms with Crippen LogP contribution in [0.15, 0.2) is 5.10 Å². The van der Waals surface area contributed by atoms with Gasteiger partial charge in [0.2, 0.25) is 0 Å². The van der Waals surface area contributed by atoms with Gasteiger partial charge in [0, 0.05) is 12.5 Å². The summed E-state index contributed by atoms with van der Waals surface area (Å²) >= 11 is 0. The van der Waals surface area contributed by atoms with Crippen molar-refractivity contribution in [3.63, 3.8) is 0 Å². The first-order chi connectivity index (χ1) is 4.42. The van der Waals surface area contributed by atoms with Gasteiger partial charge in [-0.15, -0.1) is 0 Å². The molecule has 3 nitrogen and oxygen atoms in total. The van der Waals surface area contributed by atoms with E-state index in [1.807, 2.05) is 20.8 Å². The van der Waals surface area contributed by atoms with Gasteiger partial charge in [-0.1, -0.05) is 0 Å². The Labute approximate surface area is 61.5 Å². The molecule has 0 aromatic carbocycles. The van der Waals surface area contributed by atoms with Gasteiger partial charge < -0.3 is 5.43 Å². The monoisotopic (exact) mass is 142 g/mol. The van der Waals surface area contributed by atoms with E-state index in [4.69, 9.17) is 0 Å². The normalized spacial score (nSPS) is 12.0. The summed E-state index contributed by atoms with van der Waals surface area (Å²) in [6.45, 7) is 7.40. The Bertz CT molecular complexity index is 144. The molecule has 10 heavy (non-hydrogen) atoms. The highest BCUT2D eigenvalue weighted by atomic mass is 16.1. The van der Waals surface area contributed by atoms with E-state index in [9.17, 15) is 4.79 Å². The summed E-state index contributed by atoms with van der Waals surface area (Å²) in [6.07, 6.45) is 1.27. The topological polar surface area (TPSA) is 41.5 Å². The number of carbonyl (C=O) groups excluding carboxylic acids is 1. The zero-order valence-corrected chi connectivity index (χ0v) is 6.93. The van der Waals surface area contributed by atoms with Crippen molar-refractivity contribution in [1.29, 1.82) is 0 Å². The maximum absolute atomic E-state index is 10.3. The fraction of sp³-hybridized carbons (Fsp3) is 0.714. The quantitative estimate of drug-likeness (QED) is 0.460. The van der Waals surface area contributed by atoms with Crippen LogP contribution in [0.3, 0.4) is 0 Å². The van der Waals surface area contributed by atoms with Crippen LogP contribution in [0.5, 0.6) is 0 Å². The Balaban J connectivity index is 3.64. The van der Waals surface area contributed by atoms with Crippen molar-refractivity contribution in [1.82, 2.24) is 5.43 Å². The van der Waals surface area contributed by atoms with E-state index in [1.165, 1.54) is 13.1 Å². The molecule has 0 aromatic rings. The van der Waals surface area contributed by atoms with Crippen molar-refractivity contribution in [2.45, 2.75) is 33.2 Å². The number of rotatable bonds is 2. The molecule has 0 heterocycles. The van der Waals surface area contributed by atoms with E-state index in [-0.39, 0.29) is 11.3 Å². The lowest BCUT2D eigenvalue weighted by molar-refractivity contribution is -0.110. The first-order valence-electron chi connectivity index (χ1n) is 3.22. The highest BCUT2D eigenvalue weighted by Gasteiger charge is 2.05. The lowest BCUT2D eigenvalue weighted by Gasteiger charge is -2.16. The van der Waals surface area contributed by atoms with Crippen molar-refractivity contribution in [3.8, 4) is 0 Å². The third-order valence-electron chi connectivity index (χ3n) is 0.646. The molecular weight excluding hydrogens is 128 g/mol. The summed E-state index contributed by atoms with van der Waals surface area (Å²) in [6, 6.07) is 0. The lowest BCUT2D eigenvalue weighted by Crippen LogP contribution is -2.31. The first-order valence-corrected chi connectivity index (χ1v) is 3.22. The molecule has 0 fully saturated rings. The van der Waals surface area contributed by atoms with Crippen LogP contribution in [0, 0.1) is 0 Å². The van der Waals surface area contributed by atoms with Gasteiger partial charge in [0.15, 0.2) is 5.78 Å². The van der Waals surface area contributed by atoms with Crippen molar-refractivity contribution in [2.75, 3.05) is 0 Å². The van der Waals surface area contributed by atoms with E-state index in [2.05, 4.69) is 10.5 Å². The van der Waals surface area contributed by atoms with Crippen molar-refractivity contribution in [2.24, 2.45) is 5.10 Å². The zero-order valence-electron chi connectivity index (χ0n) is 6.93. The summed E-state index contributed by atoms with van der Waals surface area (Å²) in [7, 11) is 0. The number of hydrogen-bond donors (Lipinski definition) is 1. The van der Waals surface area contributed by atoms with E-state index in [0.29, 0.717) is 0 Å². The summed E-state index contributed by atoms with van der Waals surface area (Å²) in [5.41, 5.74) is 2.74. The summed E-state index contributed by atoms with van der Waals surface area (Å²) in [5.74, 6) is -0.0447. The molecule has 0 saturated carbocycles. The van der Waals surface area contributed by atoms with Crippen LogP contribution in [0.1, 0.15) is 27.7 Å². The molecule has 0 aliphatic heterocycles. The van der Waals surface area contributed by atoms with Crippen molar-refractivity contribution < 1.29 is 4.79 Å². The van der Waals surface area contributed by atoms with E-state index < -0.39 is 0 Å². The highest BCUT2D eigenvalue weighted by molar-refractivity contribution is 6.26. The number of nitrogens with zero attached hydrogens (tertiary/aromatic N) is 1. The molecule has 0 aliphatic rings. The lowest BCUT2D eigenvalue weighted by atomic mass is 10.1. The van der Waals surface area contributed by atoms with E-state index >= 15 is 0 Å². The Morgan fingerprint density at radius 3 is 2.30 bits per heavy atom. The van der Waals surface area contributed by atoms with Crippen molar-refractivity contribution >= 4 is 12.0 Å². The minimum absolute atomic E-state index is 0.0447. The van der Waals surface area contributed by atoms with Crippen LogP contribution in [-0.4, -0.2) is 17.5 Å². The van der Waals surface area contributed by atoms with Gasteiger partial charge in [-0.25, -0.2) is 0 Å². The fourth-order valence-corrected chi connectivity index (χ4v) is 0.317. The molecule has 0 saturated heterocycles. The van der Waals surface area contributed by atoms with E-state index in [0.717, 1.165) is 0 Å². The van der Waals surface area contributed by atoms with Crippen LogP contribution < -0.4 is 5.43 Å². The van der Waals surface area contributed by atoms with Gasteiger partial charge in [-0.2, -0.15) is 5.10 Å². The minimum atomic E-state index is -0.0635. The third kappa shape index (κ3) is 7.14. The summed E-state index contributed by atoms with van der Waals surface area (Å²) in [4.78, 5) is 10.3. The Hall–Kier alpha value is -0.860. The molecule has 0 aromatic heterocycles. The third-order valence-corrected chi connectivity index (χ3v) is 0.646. The second-order valence-corrected chi connectivity index (χ2v) is 3.23. The molecule has 0 rings (SSSR count). The van der Waals surface area contributed by atoms with Crippen LogP contribution in [-0.2, 0) is 4.79 Å². The van der Waals surface area contributed by atoms with Gasteiger partial charge in [0.1, 0.15) is 0 Å². The van der Waals surface area contributed by atoms with Crippen LogP contribution in [0.4, 0.5) is 0 Å². The molecule has 0 amide bonds. The molecule has 0 bridgehead atoms. The molecule has 0 radical (unpaired) electrons. The zero-order chi connectivity index (χ0) is 8.20. The molecular formula is C7H14N2O. The molecule has 0 aliphatic carbocycles. The fourth-order valence-electron chi connectivity index (χ4n) is 0.317. The maximum atomic E-state index is 10.3. The standard InChI is InChI=1S/C7H14N2O/c1-6(10)5-8-9-7(2,3)4/h5,9H,1-4H3/b8-5-. The van der Waals surface area contributed by atoms with Crippen LogP contribution in [0.25, 0.3) is 0 Å². The predicted molar refractivity (Wildman–Crippen MR) is 42.1 cm³/mol. The Morgan fingerprint density at radius 2 is 2.00 bits per heavy atom. The molecule has 0 unspecified atom stereocenters. The average Bonchev–Trinajstić information content (AvgIpc) is 1.59. The number of carbonyl (C=O) groups is 1. The number of nitrogens with one attached hydrogen (secondary N) is 1. The van der Waals surface area contributed by atoms with Gasteiger partial charge >= 0.3 is 0 Å². The van der Waals surface area contributed by atoms with Crippen molar-refractivity contribution in [3.05, 3.63) is 0 Å². The highest BCUT2D eigenvalue weighted by Crippen LogP contribution is 1.96. The predicted octanol–water partition coefficient (Wildman–Crippen LogP) is 0.949. The maximum Gasteiger partial charge on any atom is 0.172 e. The van der Waals surface area contributed by atoms with Gasteiger partial charge in [0.25, 0.3) is 0 Å². The van der Waals surface area contributed by atoms with Gasteiger partial charge in [0.05, 0.1) is 6.21 Å². The van der Waals surface area contributed by atoms with Gasteiger partial charge in [-0.05, 0) is 20.8 Å². The number of Topliss-reactive ketones (excluding diaryl/α,β-unsaturated/α-hetero) is 1. The summed E-state index contributed by atoms with van der Waals surface area (Å²) in [5, 5.41) is 3.72. The molecule has 3 heteroatoms. The van der Waals surface area contributed by atoms with Crippen LogP contribution in [0.2, 0.25) is 0 Å². The molecule has 1 N–H and O–H groups in total. The van der Waals surface area contributed by atoms with Crippen LogP contribution >= 0.6 is 0 Å². The Kier molecular flexibility index (Phi) is 3.06. The number of hydrazone groups is 1. The molecule has 0 spiro atoms.